The summed E-state index contributed by atoms with van der Waals surface area (Å²) in [5.74, 6) is 0.875. The third kappa shape index (κ3) is 4.20. The first-order chi connectivity index (χ1) is 10.1. The van der Waals surface area contributed by atoms with Gasteiger partial charge < -0.3 is 5.32 Å². The van der Waals surface area contributed by atoms with E-state index in [-0.39, 0.29) is 6.04 Å². The Morgan fingerprint density at radius 3 is 2.29 bits per heavy atom. The highest BCUT2D eigenvalue weighted by molar-refractivity contribution is 7.89. The molecule has 0 amide bonds. The molecule has 2 aliphatic rings. The molecule has 0 radical (unpaired) electrons. The van der Waals surface area contributed by atoms with Gasteiger partial charge in [0.1, 0.15) is 0 Å². The predicted octanol–water partition coefficient (Wildman–Crippen LogP) is 3.12. The van der Waals surface area contributed by atoms with Gasteiger partial charge in [0.15, 0.2) is 0 Å². The first-order valence-corrected chi connectivity index (χ1v) is 9.48. The molecule has 116 valence electrons. The van der Waals surface area contributed by atoms with Gasteiger partial charge in [-0.15, -0.1) is 0 Å². The number of hydrogen-bond acceptors (Lipinski definition) is 3. The van der Waals surface area contributed by atoms with Crippen molar-refractivity contribution >= 4 is 15.7 Å². The normalized spacial score (nSPS) is 19.8. The maximum Gasteiger partial charge on any atom is 0.240 e. The quantitative estimate of drug-likeness (QED) is 0.813. The molecule has 1 aromatic carbocycles. The topological polar surface area (TPSA) is 58.2 Å². The summed E-state index contributed by atoms with van der Waals surface area (Å²) in [6.07, 6.45) is 8.62. The van der Waals surface area contributed by atoms with Crippen molar-refractivity contribution in [3.05, 3.63) is 24.3 Å². The lowest BCUT2D eigenvalue weighted by molar-refractivity contribution is 0.518. The van der Waals surface area contributed by atoms with E-state index in [4.69, 9.17) is 0 Å². The molecule has 21 heavy (non-hydrogen) atoms. The zero-order valence-corrected chi connectivity index (χ0v) is 13.2. The summed E-state index contributed by atoms with van der Waals surface area (Å²) >= 11 is 0. The lowest BCUT2D eigenvalue weighted by atomic mass is 10.0. The molecule has 5 heteroatoms. The average Bonchev–Trinajstić information content (AvgIpc) is 3.11. The second-order valence-corrected chi connectivity index (χ2v) is 8.00. The SMILES string of the molecule is O=S(=O)(NC1CC1)c1ccc(NCCC2CCCC2)cc1. The largest absolute Gasteiger partial charge is 0.385 e. The molecule has 0 bridgehead atoms. The molecule has 2 saturated carbocycles. The summed E-state index contributed by atoms with van der Waals surface area (Å²) in [4.78, 5) is 0.357. The Morgan fingerprint density at radius 2 is 1.67 bits per heavy atom. The van der Waals surface area contributed by atoms with Crippen molar-refractivity contribution in [2.24, 2.45) is 5.92 Å². The standard InChI is InChI=1S/C16H24N2O2S/c19-21(20,18-15-5-6-15)16-9-7-14(8-10-16)17-12-11-13-3-1-2-4-13/h7-10,13,15,17-18H,1-6,11-12H2. The fourth-order valence-corrected chi connectivity index (χ4v) is 4.27. The van der Waals surface area contributed by atoms with Crippen LogP contribution in [0.3, 0.4) is 0 Å². The van der Waals surface area contributed by atoms with Crippen molar-refractivity contribution in [1.29, 1.82) is 0 Å². The van der Waals surface area contributed by atoms with Gasteiger partial charge in [0.2, 0.25) is 10.0 Å². The lowest BCUT2D eigenvalue weighted by Crippen LogP contribution is -2.25. The van der Waals surface area contributed by atoms with Crippen LogP contribution in [0.25, 0.3) is 0 Å². The molecule has 4 nitrogen and oxygen atoms in total. The van der Waals surface area contributed by atoms with Crippen LogP contribution in [-0.2, 0) is 10.0 Å². The van der Waals surface area contributed by atoms with Gasteiger partial charge in [0.05, 0.1) is 4.90 Å². The van der Waals surface area contributed by atoms with E-state index in [1.54, 1.807) is 12.1 Å². The van der Waals surface area contributed by atoms with Crippen LogP contribution >= 0.6 is 0 Å². The monoisotopic (exact) mass is 308 g/mol. The first-order valence-electron chi connectivity index (χ1n) is 8.00. The second-order valence-electron chi connectivity index (χ2n) is 6.29. The summed E-state index contributed by atoms with van der Waals surface area (Å²) < 4.78 is 26.8. The molecule has 0 aromatic heterocycles. The third-order valence-corrected chi connectivity index (χ3v) is 5.96. The van der Waals surface area contributed by atoms with Gasteiger partial charge >= 0.3 is 0 Å². The first kappa shape index (κ1) is 14.9. The number of hydrogen-bond donors (Lipinski definition) is 2. The van der Waals surface area contributed by atoms with Gasteiger partial charge in [0.25, 0.3) is 0 Å². The maximum absolute atomic E-state index is 12.1. The molecular weight excluding hydrogens is 284 g/mol. The van der Waals surface area contributed by atoms with E-state index in [1.807, 2.05) is 12.1 Å². The van der Waals surface area contributed by atoms with Crippen molar-refractivity contribution in [2.45, 2.75) is 55.9 Å². The van der Waals surface area contributed by atoms with Gasteiger partial charge in [-0.05, 0) is 49.4 Å². The Hall–Kier alpha value is -1.07. The number of nitrogens with one attached hydrogen (secondary N) is 2. The molecule has 1 aromatic rings. The predicted molar refractivity (Wildman–Crippen MR) is 84.9 cm³/mol. The van der Waals surface area contributed by atoms with Crippen LogP contribution in [0.2, 0.25) is 0 Å². The maximum atomic E-state index is 12.1. The van der Waals surface area contributed by atoms with Crippen LogP contribution in [0.5, 0.6) is 0 Å². The van der Waals surface area contributed by atoms with E-state index < -0.39 is 10.0 Å². The molecule has 2 aliphatic carbocycles. The zero-order chi connectivity index (χ0) is 14.7. The van der Waals surface area contributed by atoms with Gasteiger partial charge in [-0.3, -0.25) is 0 Å². The van der Waals surface area contributed by atoms with E-state index in [9.17, 15) is 8.42 Å². The molecule has 0 atom stereocenters. The van der Waals surface area contributed by atoms with Crippen molar-refractivity contribution in [3.8, 4) is 0 Å². The van der Waals surface area contributed by atoms with Gasteiger partial charge in [0, 0.05) is 18.3 Å². The molecule has 0 spiro atoms. The van der Waals surface area contributed by atoms with Crippen LogP contribution in [0.1, 0.15) is 44.9 Å². The molecule has 3 rings (SSSR count). The van der Waals surface area contributed by atoms with Crippen molar-refractivity contribution < 1.29 is 8.42 Å². The van der Waals surface area contributed by atoms with E-state index in [1.165, 1.54) is 32.1 Å². The van der Waals surface area contributed by atoms with E-state index >= 15 is 0 Å². The number of benzene rings is 1. The minimum Gasteiger partial charge on any atom is -0.385 e. The summed E-state index contributed by atoms with van der Waals surface area (Å²) in [5, 5.41) is 3.39. The Labute approximate surface area is 127 Å². The molecule has 0 unspecified atom stereocenters. The minimum absolute atomic E-state index is 0.152. The minimum atomic E-state index is -3.33. The molecule has 0 aliphatic heterocycles. The van der Waals surface area contributed by atoms with E-state index in [0.29, 0.717) is 4.90 Å². The summed E-state index contributed by atoms with van der Waals surface area (Å²) in [5.41, 5.74) is 0.998. The summed E-state index contributed by atoms with van der Waals surface area (Å²) in [6.45, 7) is 0.969. The number of anilines is 1. The Balaban J connectivity index is 1.51. The molecular formula is C16H24N2O2S. The fraction of sp³-hybridized carbons (Fsp3) is 0.625. The van der Waals surface area contributed by atoms with Gasteiger partial charge in [-0.1, -0.05) is 25.7 Å². The lowest BCUT2D eigenvalue weighted by Gasteiger charge is -2.11. The van der Waals surface area contributed by atoms with Crippen LogP contribution in [0.15, 0.2) is 29.2 Å². The average molecular weight is 308 g/mol. The summed E-state index contributed by atoms with van der Waals surface area (Å²) in [6, 6.07) is 7.23. The highest BCUT2D eigenvalue weighted by atomic mass is 32.2. The van der Waals surface area contributed by atoms with Crippen LogP contribution < -0.4 is 10.0 Å². The summed E-state index contributed by atoms with van der Waals surface area (Å²) in [7, 11) is -3.33. The van der Waals surface area contributed by atoms with Gasteiger partial charge in [-0.25, -0.2) is 13.1 Å². The fourth-order valence-electron chi connectivity index (χ4n) is 2.96. The molecule has 0 heterocycles. The van der Waals surface area contributed by atoms with Gasteiger partial charge in [-0.2, -0.15) is 0 Å². The van der Waals surface area contributed by atoms with Crippen molar-refractivity contribution in [3.63, 3.8) is 0 Å². The van der Waals surface area contributed by atoms with Crippen LogP contribution in [-0.4, -0.2) is 21.0 Å². The van der Waals surface area contributed by atoms with E-state index in [2.05, 4.69) is 10.0 Å². The van der Waals surface area contributed by atoms with Crippen molar-refractivity contribution in [2.75, 3.05) is 11.9 Å². The smallest absolute Gasteiger partial charge is 0.240 e. The number of sulfonamides is 1. The third-order valence-electron chi connectivity index (χ3n) is 4.42. The Kier molecular flexibility index (Phi) is 4.50. The molecule has 2 N–H and O–H groups in total. The van der Waals surface area contributed by atoms with Crippen LogP contribution in [0, 0.1) is 5.92 Å². The Morgan fingerprint density at radius 1 is 1.00 bits per heavy atom. The van der Waals surface area contributed by atoms with Crippen molar-refractivity contribution in [1.82, 2.24) is 4.72 Å². The molecule has 2 fully saturated rings. The van der Waals surface area contributed by atoms with E-state index in [0.717, 1.165) is 31.0 Å². The van der Waals surface area contributed by atoms with Crippen LogP contribution in [0.4, 0.5) is 5.69 Å². The number of rotatable bonds is 7. The molecule has 0 saturated heterocycles. The Bertz CT molecular complexity index is 558. The highest BCUT2D eigenvalue weighted by Gasteiger charge is 2.27. The highest BCUT2D eigenvalue weighted by Crippen LogP contribution is 2.27. The zero-order valence-electron chi connectivity index (χ0n) is 12.3. The second kappa shape index (κ2) is 6.36.